The highest BCUT2D eigenvalue weighted by molar-refractivity contribution is 5.77. The van der Waals surface area contributed by atoms with Crippen LogP contribution in [0.3, 0.4) is 0 Å². The summed E-state index contributed by atoms with van der Waals surface area (Å²) in [5.41, 5.74) is 4.53. The number of carbonyl (C=O) groups is 2. The Hall–Kier alpha value is -4.78. The quantitative estimate of drug-likeness (QED) is 0.187. The number of H-pyrrole nitrogens is 2. The predicted octanol–water partition coefficient (Wildman–Crippen LogP) is 8.74. The summed E-state index contributed by atoms with van der Waals surface area (Å²) in [6, 6.07) is 13.9. The van der Waals surface area contributed by atoms with E-state index in [9.17, 15) is 9.59 Å². The third kappa shape index (κ3) is 8.08. The monoisotopic (exact) mass is 690 g/mol. The van der Waals surface area contributed by atoms with Crippen LogP contribution in [-0.4, -0.2) is 66.2 Å². The lowest BCUT2D eigenvalue weighted by Crippen LogP contribution is -2.39. The number of fused-ring (bicyclic) bond motifs is 1. The second kappa shape index (κ2) is 12.8. The summed E-state index contributed by atoms with van der Waals surface area (Å²) in [7, 11) is 0. The van der Waals surface area contributed by atoms with Crippen LogP contribution in [0.15, 0.2) is 48.7 Å². The van der Waals surface area contributed by atoms with Crippen LogP contribution in [0.25, 0.3) is 22.3 Å². The number of rotatable bonds is 7. The largest absolute Gasteiger partial charge is 0.444 e. The maximum atomic E-state index is 13.1. The van der Waals surface area contributed by atoms with Crippen LogP contribution in [0, 0.1) is 22.7 Å². The zero-order chi connectivity index (χ0) is 36.2. The van der Waals surface area contributed by atoms with E-state index >= 15 is 0 Å². The van der Waals surface area contributed by atoms with E-state index in [0.717, 1.165) is 90.1 Å². The van der Waals surface area contributed by atoms with Crippen LogP contribution in [0.5, 0.6) is 0 Å². The van der Waals surface area contributed by atoms with E-state index < -0.39 is 11.2 Å². The Kier molecular flexibility index (Phi) is 8.68. The molecule has 0 radical (unpaired) electrons. The van der Waals surface area contributed by atoms with Crippen molar-refractivity contribution in [2.45, 2.75) is 111 Å². The molecule has 0 bridgehead atoms. The second-order valence-corrected chi connectivity index (χ2v) is 16.9. The van der Waals surface area contributed by atoms with Gasteiger partial charge in [-0.25, -0.2) is 19.6 Å². The molecular weight excluding hydrogens is 640 g/mol. The van der Waals surface area contributed by atoms with Gasteiger partial charge in [0.1, 0.15) is 22.9 Å². The summed E-state index contributed by atoms with van der Waals surface area (Å²) in [5.74, 6) is 8.08. The average Bonchev–Trinajstić information content (AvgIpc) is 3.81. The van der Waals surface area contributed by atoms with Gasteiger partial charge >= 0.3 is 12.2 Å². The maximum absolute atomic E-state index is 13.1. The lowest BCUT2D eigenvalue weighted by molar-refractivity contribution is 0.0182. The Balaban J connectivity index is 1.02. The van der Waals surface area contributed by atoms with Gasteiger partial charge in [0.15, 0.2) is 0 Å². The number of ether oxygens (including phenoxy) is 2. The van der Waals surface area contributed by atoms with Gasteiger partial charge in [0, 0.05) is 36.0 Å². The number of benzene rings is 2. The fourth-order valence-corrected chi connectivity index (χ4v) is 6.98. The molecule has 2 amide bonds. The minimum Gasteiger partial charge on any atom is -0.444 e. The van der Waals surface area contributed by atoms with E-state index in [2.05, 4.69) is 28.7 Å². The molecule has 2 aliphatic carbocycles. The molecule has 1 saturated heterocycles. The average molecular weight is 691 g/mol. The molecule has 2 saturated carbocycles. The Labute approximate surface area is 300 Å². The topological polar surface area (TPSA) is 116 Å². The third-order valence-corrected chi connectivity index (χ3v) is 10.3. The molecule has 0 unspecified atom stereocenters. The number of hydrogen-bond acceptors (Lipinski definition) is 6. The molecule has 10 heteroatoms. The Morgan fingerprint density at radius 2 is 1.63 bits per heavy atom. The van der Waals surface area contributed by atoms with Crippen LogP contribution >= 0.6 is 0 Å². The van der Waals surface area contributed by atoms with E-state index in [1.165, 1.54) is 0 Å². The van der Waals surface area contributed by atoms with E-state index in [4.69, 9.17) is 19.4 Å². The normalized spacial score (nSPS) is 18.7. The number of carbonyl (C=O) groups excluding carboxylic acids is 2. The summed E-state index contributed by atoms with van der Waals surface area (Å²) in [6.07, 6.45) is 7.83. The molecule has 268 valence electrons. The summed E-state index contributed by atoms with van der Waals surface area (Å²) in [5, 5.41) is 0. The summed E-state index contributed by atoms with van der Waals surface area (Å²) >= 11 is 0. The van der Waals surface area contributed by atoms with Crippen molar-refractivity contribution >= 4 is 23.2 Å². The smallest absolute Gasteiger partial charge is 0.410 e. The van der Waals surface area contributed by atoms with Gasteiger partial charge in [-0.05, 0) is 121 Å². The lowest BCUT2D eigenvalue weighted by atomic mass is 10.0. The van der Waals surface area contributed by atoms with Crippen molar-refractivity contribution in [1.29, 1.82) is 0 Å². The van der Waals surface area contributed by atoms with Crippen molar-refractivity contribution in [1.82, 2.24) is 29.7 Å². The van der Waals surface area contributed by atoms with E-state index in [0.29, 0.717) is 13.1 Å². The summed E-state index contributed by atoms with van der Waals surface area (Å²) < 4.78 is 11.5. The molecule has 2 aromatic heterocycles. The van der Waals surface area contributed by atoms with E-state index in [1.807, 2.05) is 95.1 Å². The van der Waals surface area contributed by atoms with Crippen LogP contribution in [0.2, 0.25) is 0 Å². The minimum atomic E-state index is -0.565. The molecule has 4 aromatic rings. The first-order chi connectivity index (χ1) is 24.1. The van der Waals surface area contributed by atoms with Crippen molar-refractivity contribution in [2.75, 3.05) is 13.1 Å². The number of nitrogens with one attached hydrogen (secondary N) is 2. The van der Waals surface area contributed by atoms with Crippen LogP contribution < -0.4 is 0 Å². The maximum Gasteiger partial charge on any atom is 0.410 e. The van der Waals surface area contributed by atoms with Crippen molar-refractivity contribution < 1.29 is 19.1 Å². The minimum absolute atomic E-state index is 0.121. The molecule has 2 N–H and O–H groups in total. The van der Waals surface area contributed by atoms with Crippen molar-refractivity contribution in [3.05, 3.63) is 71.4 Å². The van der Waals surface area contributed by atoms with Crippen LogP contribution in [-0.2, 0) is 16.0 Å². The number of aromatic nitrogens is 4. The molecule has 2 aromatic carbocycles. The summed E-state index contributed by atoms with van der Waals surface area (Å²) in [6.45, 7) is 15.3. The van der Waals surface area contributed by atoms with E-state index in [1.54, 1.807) is 4.90 Å². The molecule has 51 heavy (non-hydrogen) atoms. The molecule has 7 rings (SSSR count). The highest BCUT2D eigenvalue weighted by Crippen LogP contribution is 2.58. The van der Waals surface area contributed by atoms with Gasteiger partial charge in [-0.1, -0.05) is 30.9 Å². The number of amides is 2. The molecule has 1 spiro atoms. The van der Waals surface area contributed by atoms with Crippen molar-refractivity contribution in [3.8, 4) is 23.1 Å². The molecule has 1 atom stereocenters. The van der Waals surface area contributed by atoms with Crippen LogP contribution in [0.1, 0.15) is 116 Å². The van der Waals surface area contributed by atoms with Crippen molar-refractivity contribution in [3.63, 3.8) is 0 Å². The van der Waals surface area contributed by atoms with Gasteiger partial charge in [-0.2, -0.15) is 0 Å². The van der Waals surface area contributed by atoms with Gasteiger partial charge in [0.05, 0.1) is 29.3 Å². The van der Waals surface area contributed by atoms with Gasteiger partial charge in [0.2, 0.25) is 0 Å². The van der Waals surface area contributed by atoms with Crippen molar-refractivity contribution in [2.24, 2.45) is 10.8 Å². The number of hydrogen-bond donors (Lipinski definition) is 2. The number of likely N-dealkylation sites (tertiary alicyclic amines) is 1. The SMILES string of the molecule is CCC1(CN(Cc2nc3cc(C#Cc4ccc(-c5c[nH]c([C@@H]6CC7(CC7)CN6C(=O)OC(C)(C)C)n5)cc4)ccc3[nH]2)C(=O)OC(C)(C)C)CC1. The first-order valence-electron chi connectivity index (χ1n) is 18.2. The van der Waals surface area contributed by atoms with Gasteiger partial charge in [-0.3, -0.25) is 4.90 Å². The molecule has 10 nitrogen and oxygen atoms in total. The third-order valence-electron chi connectivity index (χ3n) is 10.3. The number of nitrogens with zero attached hydrogens (tertiary/aromatic N) is 4. The Morgan fingerprint density at radius 3 is 2.27 bits per heavy atom. The Bertz CT molecular complexity index is 1990. The molecule has 3 heterocycles. The van der Waals surface area contributed by atoms with Gasteiger partial charge < -0.3 is 24.3 Å². The van der Waals surface area contributed by atoms with E-state index in [-0.39, 0.29) is 29.1 Å². The fourth-order valence-electron chi connectivity index (χ4n) is 6.98. The van der Waals surface area contributed by atoms with Gasteiger partial charge in [-0.15, -0.1) is 0 Å². The molecule has 3 fully saturated rings. The Morgan fingerprint density at radius 1 is 0.941 bits per heavy atom. The summed E-state index contributed by atoms with van der Waals surface area (Å²) in [4.78, 5) is 46.4. The highest BCUT2D eigenvalue weighted by Gasteiger charge is 2.55. The highest BCUT2D eigenvalue weighted by atomic mass is 16.6. The first-order valence-corrected chi connectivity index (χ1v) is 18.2. The van der Waals surface area contributed by atoms with Gasteiger partial charge in [0.25, 0.3) is 0 Å². The molecule has 3 aliphatic rings. The fraction of sp³-hybridized carbons (Fsp3) is 0.512. The lowest BCUT2D eigenvalue weighted by Gasteiger charge is -2.29. The zero-order valence-corrected chi connectivity index (χ0v) is 31.0. The first kappa shape index (κ1) is 34.7. The number of imidazole rings is 2. The second-order valence-electron chi connectivity index (χ2n) is 16.9. The molecular formula is C41H50N6O4. The standard InChI is InChI=1S/C41H50N6O4/c1-8-40(17-18-40)25-46(36(48)50-38(2,3)4)24-34-43-30-16-13-28(21-31(30)44-34)10-9-27-11-14-29(15-12-27)32-23-42-35(45-32)33-22-41(19-20-41)26-47(33)37(49)51-39(5,6)7/h11-16,21,23,33H,8,17-20,22,24-26H2,1-7H3,(H,42,45)(H,43,44)/t33-/m0/s1. The number of aromatic amines is 2. The van der Waals surface area contributed by atoms with Crippen LogP contribution in [0.4, 0.5) is 9.59 Å². The zero-order valence-electron chi connectivity index (χ0n) is 31.0. The molecule has 1 aliphatic heterocycles. The predicted molar refractivity (Wildman–Crippen MR) is 197 cm³/mol.